The maximum absolute atomic E-state index is 11.1. The maximum atomic E-state index is 11.1. The zero-order chi connectivity index (χ0) is 11.1. The first-order chi connectivity index (χ1) is 6.96. The van der Waals surface area contributed by atoms with Crippen molar-refractivity contribution >= 4 is 15.7 Å². The van der Waals surface area contributed by atoms with Crippen molar-refractivity contribution in [2.45, 2.75) is 18.8 Å². The highest BCUT2D eigenvalue weighted by molar-refractivity contribution is 7.92. The van der Waals surface area contributed by atoms with Crippen LogP contribution in [0.15, 0.2) is 18.3 Å². The Balaban J connectivity index is 2.37. The van der Waals surface area contributed by atoms with E-state index in [9.17, 15) is 8.42 Å². The monoisotopic (exact) mass is 213 g/mol. The number of aromatic nitrogens is 1. The summed E-state index contributed by atoms with van der Waals surface area (Å²) in [5.41, 5.74) is 1.21. The van der Waals surface area contributed by atoms with Crippen LogP contribution in [0.1, 0.15) is 25.8 Å². The molecule has 1 aliphatic carbocycles. The molecule has 0 radical (unpaired) electrons. The van der Waals surface area contributed by atoms with Crippen LogP contribution < -0.4 is 4.72 Å². The summed E-state index contributed by atoms with van der Waals surface area (Å²) in [6.45, 7) is 0. The van der Waals surface area contributed by atoms with E-state index in [1.807, 2.05) is 0 Å². The van der Waals surface area contributed by atoms with E-state index in [4.69, 9.17) is 1.37 Å². The molecule has 2 rings (SSSR count). The molecule has 1 saturated carbocycles. The second kappa shape index (κ2) is 3.24. The van der Waals surface area contributed by atoms with Gasteiger partial charge in [0.15, 0.2) is 0 Å². The molecule has 0 atom stereocenters. The summed E-state index contributed by atoms with van der Waals surface area (Å²) in [4.78, 5) is 4.06. The minimum Gasteiger partial charge on any atom is -0.282 e. The maximum Gasteiger partial charge on any atom is 0.229 e. The molecule has 0 bridgehead atoms. The molecule has 0 aliphatic heterocycles. The third-order valence-electron chi connectivity index (χ3n) is 2.04. The van der Waals surface area contributed by atoms with Crippen molar-refractivity contribution in [1.82, 2.24) is 4.98 Å². The number of anilines is 1. The molecular formula is C9H12N2O2S. The van der Waals surface area contributed by atoms with Crippen LogP contribution in [0.5, 0.6) is 0 Å². The van der Waals surface area contributed by atoms with Gasteiger partial charge in [-0.25, -0.2) is 8.42 Å². The standard InChI is InChI=1S/C9H12N2O2S/c1-14(12,13)11-8-3-2-6-10-9(8)7-4-5-7/h2-3,6-7,11H,4-5H2,1H3/i6D. The Labute approximate surface area is 84.8 Å². The predicted molar refractivity (Wildman–Crippen MR) is 54.7 cm³/mol. The molecule has 1 N–H and O–H groups in total. The number of sulfonamides is 1. The summed E-state index contributed by atoms with van der Waals surface area (Å²) in [6, 6.07) is 3.09. The van der Waals surface area contributed by atoms with Gasteiger partial charge in [0, 0.05) is 12.1 Å². The van der Waals surface area contributed by atoms with E-state index < -0.39 is 10.0 Å². The molecule has 1 aromatic rings. The van der Waals surface area contributed by atoms with Crippen molar-refractivity contribution in [3.8, 4) is 0 Å². The van der Waals surface area contributed by atoms with Gasteiger partial charge >= 0.3 is 0 Å². The van der Waals surface area contributed by atoms with E-state index in [1.54, 1.807) is 6.07 Å². The average molecular weight is 213 g/mol. The molecule has 1 heterocycles. The van der Waals surface area contributed by atoms with Gasteiger partial charge < -0.3 is 0 Å². The molecule has 1 fully saturated rings. The lowest BCUT2D eigenvalue weighted by atomic mass is 10.2. The van der Waals surface area contributed by atoms with E-state index in [0.717, 1.165) is 19.1 Å². The van der Waals surface area contributed by atoms with E-state index in [1.165, 1.54) is 6.07 Å². The Morgan fingerprint density at radius 2 is 2.36 bits per heavy atom. The molecule has 0 unspecified atom stereocenters. The smallest absolute Gasteiger partial charge is 0.229 e. The Hall–Kier alpha value is -1.10. The predicted octanol–water partition coefficient (Wildman–Crippen LogP) is 1.33. The van der Waals surface area contributed by atoms with Gasteiger partial charge in [-0.05, 0) is 25.0 Å². The summed E-state index contributed by atoms with van der Waals surface area (Å²) < 4.78 is 32.0. The Morgan fingerprint density at radius 1 is 1.64 bits per heavy atom. The number of pyridine rings is 1. The highest BCUT2D eigenvalue weighted by Gasteiger charge is 2.27. The summed E-state index contributed by atoms with van der Waals surface area (Å²) in [5, 5.41) is 0. The van der Waals surface area contributed by atoms with Gasteiger partial charge in [-0.1, -0.05) is 0 Å². The van der Waals surface area contributed by atoms with E-state index in [2.05, 4.69) is 9.71 Å². The molecule has 0 saturated heterocycles. The molecular weight excluding hydrogens is 200 g/mol. The van der Waals surface area contributed by atoms with Gasteiger partial charge in [0.1, 0.15) is 0 Å². The Morgan fingerprint density at radius 3 is 2.93 bits per heavy atom. The lowest BCUT2D eigenvalue weighted by Gasteiger charge is -2.07. The number of nitrogens with one attached hydrogen (secondary N) is 1. The normalized spacial score (nSPS) is 17.6. The first kappa shape index (κ1) is 8.23. The van der Waals surface area contributed by atoms with Gasteiger partial charge in [0.05, 0.1) is 19.0 Å². The average Bonchev–Trinajstić information content (AvgIpc) is 2.88. The van der Waals surface area contributed by atoms with E-state index >= 15 is 0 Å². The molecule has 0 amide bonds. The second-order valence-corrected chi connectivity index (χ2v) is 5.27. The Bertz CT molecular complexity index is 483. The first-order valence-corrected chi connectivity index (χ1v) is 6.30. The SMILES string of the molecule is [2H]c1ccc(NS(C)(=O)=O)c(C2CC2)n1. The van der Waals surface area contributed by atoms with Crippen LogP contribution in [0.3, 0.4) is 0 Å². The fraction of sp³-hybridized carbons (Fsp3) is 0.444. The zero-order valence-electron chi connectivity index (χ0n) is 8.82. The van der Waals surface area contributed by atoms with Crippen LogP contribution in [0.25, 0.3) is 0 Å². The largest absolute Gasteiger partial charge is 0.282 e. The highest BCUT2D eigenvalue weighted by atomic mass is 32.2. The molecule has 0 aromatic carbocycles. The number of nitrogens with zero attached hydrogens (tertiary/aromatic N) is 1. The minimum atomic E-state index is -3.27. The first-order valence-electron chi connectivity index (χ1n) is 4.91. The molecule has 76 valence electrons. The summed E-state index contributed by atoms with van der Waals surface area (Å²) in [7, 11) is -3.27. The van der Waals surface area contributed by atoms with Crippen molar-refractivity contribution in [2.24, 2.45) is 0 Å². The van der Waals surface area contributed by atoms with Gasteiger partial charge in [0.2, 0.25) is 10.0 Å². The van der Waals surface area contributed by atoms with Crippen molar-refractivity contribution in [3.05, 3.63) is 24.0 Å². The third kappa shape index (κ3) is 2.23. The van der Waals surface area contributed by atoms with Crippen molar-refractivity contribution in [3.63, 3.8) is 0 Å². The molecule has 5 heteroatoms. The van der Waals surface area contributed by atoms with Crippen LogP contribution in [-0.2, 0) is 10.0 Å². The lowest BCUT2D eigenvalue weighted by molar-refractivity contribution is 0.606. The fourth-order valence-corrected chi connectivity index (χ4v) is 1.90. The summed E-state index contributed by atoms with van der Waals surface area (Å²) in [6.07, 6.45) is 3.33. The van der Waals surface area contributed by atoms with Crippen molar-refractivity contribution < 1.29 is 9.79 Å². The van der Waals surface area contributed by atoms with Gasteiger partial charge in [-0.2, -0.15) is 0 Å². The molecule has 0 spiro atoms. The highest BCUT2D eigenvalue weighted by Crippen LogP contribution is 2.42. The van der Waals surface area contributed by atoms with Crippen LogP contribution in [0.2, 0.25) is 0 Å². The van der Waals surface area contributed by atoms with Crippen LogP contribution in [0, 0.1) is 0 Å². The van der Waals surface area contributed by atoms with Crippen LogP contribution in [-0.4, -0.2) is 19.7 Å². The van der Waals surface area contributed by atoms with Crippen LogP contribution in [0.4, 0.5) is 5.69 Å². The van der Waals surface area contributed by atoms with Gasteiger partial charge in [0.25, 0.3) is 0 Å². The fourth-order valence-electron chi connectivity index (χ4n) is 1.33. The molecule has 4 nitrogen and oxygen atoms in total. The quantitative estimate of drug-likeness (QED) is 0.824. The van der Waals surface area contributed by atoms with Crippen LogP contribution >= 0.6 is 0 Å². The van der Waals surface area contributed by atoms with Crippen molar-refractivity contribution in [1.29, 1.82) is 0 Å². The summed E-state index contributed by atoms with van der Waals surface area (Å²) in [5.74, 6) is 0.319. The van der Waals surface area contributed by atoms with E-state index in [-0.39, 0.29) is 6.17 Å². The molecule has 1 aliphatic rings. The molecule has 14 heavy (non-hydrogen) atoms. The third-order valence-corrected chi connectivity index (χ3v) is 2.64. The lowest BCUT2D eigenvalue weighted by Crippen LogP contribution is -2.11. The van der Waals surface area contributed by atoms with Gasteiger partial charge in [-0.3, -0.25) is 9.71 Å². The number of hydrogen-bond donors (Lipinski definition) is 1. The minimum absolute atomic E-state index is 0.177. The zero-order valence-corrected chi connectivity index (χ0v) is 8.63. The second-order valence-electron chi connectivity index (χ2n) is 3.52. The topological polar surface area (TPSA) is 59.1 Å². The Kier molecular flexibility index (Phi) is 1.90. The molecule has 1 aromatic heterocycles. The van der Waals surface area contributed by atoms with Gasteiger partial charge in [-0.15, -0.1) is 0 Å². The number of hydrogen-bond acceptors (Lipinski definition) is 3. The summed E-state index contributed by atoms with van der Waals surface area (Å²) >= 11 is 0. The van der Waals surface area contributed by atoms with E-state index in [0.29, 0.717) is 17.3 Å². The van der Waals surface area contributed by atoms with Crippen molar-refractivity contribution in [2.75, 3.05) is 11.0 Å². The number of rotatable bonds is 3.